The summed E-state index contributed by atoms with van der Waals surface area (Å²) in [5.74, 6) is 0. The summed E-state index contributed by atoms with van der Waals surface area (Å²) in [4.78, 5) is 9.11. The van der Waals surface area contributed by atoms with Crippen LogP contribution in [-0.2, 0) is 13.1 Å². The van der Waals surface area contributed by atoms with Crippen molar-refractivity contribution in [2.75, 3.05) is 24.5 Å². The van der Waals surface area contributed by atoms with Gasteiger partial charge in [0, 0.05) is 62.1 Å². The average molecular weight is 347 g/mol. The molecule has 0 N–H and O–H groups in total. The highest BCUT2D eigenvalue weighted by Gasteiger charge is 2.24. The molecule has 0 saturated carbocycles. The van der Waals surface area contributed by atoms with Crippen molar-refractivity contribution in [1.82, 2.24) is 19.7 Å². The molecule has 5 nitrogen and oxygen atoms in total. The van der Waals surface area contributed by atoms with Crippen LogP contribution in [-0.4, -0.2) is 45.3 Å². The summed E-state index contributed by atoms with van der Waals surface area (Å²) in [6.07, 6.45) is 7.92. The Morgan fingerprint density at radius 1 is 0.962 bits per heavy atom. The molecule has 26 heavy (non-hydrogen) atoms. The van der Waals surface area contributed by atoms with Gasteiger partial charge in [0.25, 0.3) is 0 Å². The molecule has 2 aromatic heterocycles. The molecule has 3 aromatic rings. The van der Waals surface area contributed by atoms with E-state index in [4.69, 9.17) is 0 Å². The third kappa shape index (κ3) is 3.94. The third-order valence-corrected chi connectivity index (χ3v) is 5.05. The van der Waals surface area contributed by atoms with Gasteiger partial charge in [-0.2, -0.15) is 5.10 Å². The molecule has 0 aliphatic carbocycles. The van der Waals surface area contributed by atoms with Crippen LogP contribution in [0.5, 0.6) is 0 Å². The molecule has 0 bridgehead atoms. The van der Waals surface area contributed by atoms with Crippen molar-refractivity contribution >= 4 is 5.69 Å². The van der Waals surface area contributed by atoms with Crippen LogP contribution in [0.1, 0.15) is 18.1 Å². The zero-order chi connectivity index (χ0) is 17.8. The molecule has 4 rings (SSSR count). The number of anilines is 1. The van der Waals surface area contributed by atoms with E-state index >= 15 is 0 Å². The normalized spacial score (nSPS) is 18.2. The fourth-order valence-electron chi connectivity index (χ4n) is 3.60. The fraction of sp³-hybridized carbons (Fsp3) is 0.333. The van der Waals surface area contributed by atoms with E-state index in [0.717, 1.165) is 32.7 Å². The first kappa shape index (κ1) is 16.8. The predicted molar refractivity (Wildman–Crippen MR) is 104 cm³/mol. The molecule has 1 fully saturated rings. The van der Waals surface area contributed by atoms with Crippen molar-refractivity contribution in [2.45, 2.75) is 26.1 Å². The van der Waals surface area contributed by atoms with Crippen LogP contribution in [0, 0.1) is 0 Å². The highest BCUT2D eigenvalue weighted by atomic mass is 15.3. The number of hydrogen-bond donors (Lipinski definition) is 0. The first-order chi connectivity index (χ1) is 12.8. The van der Waals surface area contributed by atoms with Gasteiger partial charge in [-0.3, -0.25) is 14.6 Å². The third-order valence-electron chi connectivity index (χ3n) is 5.05. The molecule has 1 atom stereocenters. The number of aromatic nitrogens is 3. The van der Waals surface area contributed by atoms with E-state index in [1.807, 2.05) is 29.3 Å². The molecule has 1 saturated heterocycles. The minimum atomic E-state index is 0.509. The summed E-state index contributed by atoms with van der Waals surface area (Å²) < 4.78 is 2.03. The smallest absolute Gasteiger partial charge is 0.0659 e. The van der Waals surface area contributed by atoms with Gasteiger partial charge in [-0.05, 0) is 24.6 Å². The number of nitrogens with zero attached hydrogens (tertiary/aromatic N) is 5. The van der Waals surface area contributed by atoms with E-state index in [2.05, 4.69) is 69.4 Å². The summed E-state index contributed by atoms with van der Waals surface area (Å²) in [5.41, 5.74) is 3.83. The van der Waals surface area contributed by atoms with E-state index in [0.29, 0.717) is 6.04 Å². The Balaban J connectivity index is 1.35. The molecule has 5 heteroatoms. The molecule has 0 spiro atoms. The maximum atomic E-state index is 4.54. The Hall–Kier alpha value is -2.66. The van der Waals surface area contributed by atoms with Crippen molar-refractivity contribution < 1.29 is 0 Å². The van der Waals surface area contributed by atoms with Crippen LogP contribution in [0.25, 0.3) is 0 Å². The van der Waals surface area contributed by atoms with Crippen LogP contribution in [0.3, 0.4) is 0 Å². The zero-order valence-corrected chi connectivity index (χ0v) is 15.2. The lowest BCUT2D eigenvalue weighted by atomic mass is 10.1. The molecular weight excluding hydrogens is 322 g/mol. The van der Waals surface area contributed by atoms with Crippen molar-refractivity contribution in [2.24, 2.45) is 0 Å². The quantitative estimate of drug-likeness (QED) is 0.711. The SMILES string of the molecule is CC1CN(c2ccncc2)CCN1Cc1cnn(Cc2ccccc2)c1. The highest BCUT2D eigenvalue weighted by Crippen LogP contribution is 2.19. The summed E-state index contributed by atoms with van der Waals surface area (Å²) in [7, 11) is 0. The molecule has 0 amide bonds. The van der Waals surface area contributed by atoms with Gasteiger partial charge in [-0.1, -0.05) is 30.3 Å². The number of pyridine rings is 1. The van der Waals surface area contributed by atoms with E-state index in [9.17, 15) is 0 Å². The standard InChI is InChI=1S/C21H25N5/c1-18-14-25(21-7-9-22-10-8-21)12-11-24(18)15-20-13-23-26(17-20)16-19-5-3-2-4-6-19/h2-10,13,17-18H,11-12,14-16H2,1H3. The highest BCUT2D eigenvalue weighted by molar-refractivity contribution is 5.45. The maximum absolute atomic E-state index is 4.54. The van der Waals surface area contributed by atoms with E-state index in [1.165, 1.54) is 16.8 Å². The first-order valence-corrected chi connectivity index (χ1v) is 9.22. The second-order valence-electron chi connectivity index (χ2n) is 7.00. The van der Waals surface area contributed by atoms with E-state index in [1.54, 1.807) is 0 Å². The molecule has 0 radical (unpaired) electrons. The van der Waals surface area contributed by atoms with Gasteiger partial charge < -0.3 is 4.90 Å². The first-order valence-electron chi connectivity index (χ1n) is 9.22. The Morgan fingerprint density at radius 2 is 1.77 bits per heavy atom. The molecule has 134 valence electrons. The van der Waals surface area contributed by atoms with Gasteiger partial charge in [0.15, 0.2) is 0 Å². The number of rotatable bonds is 5. The Labute approximate surface area is 154 Å². The lowest BCUT2D eigenvalue weighted by molar-refractivity contribution is 0.181. The number of hydrogen-bond acceptors (Lipinski definition) is 4. The van der Waals surface area contributed by atoms with Crippen LogP contribution in [0.2, 0.25) is 0 Å². The van der Waals surface area contributed by atoms with Crippen LogP contribution < -0.4 is 4.90 Å². The largest absolute Gasteiger partial charge is 0.369 e. The second-order valence-corrected chi connectivity index (χ2v) is 7.00. The van der Waals surface area contributed by atoms with Gasteiger partial charge >= 0.3 is 0 Å². The van der Waals surface area contributed by atoms with Crippen LogP contribution in [0.15, 0.2) is 67.3 Å². The van der Waals surface area contributed by atoms with Gasteiger partial charge in [0.05, 0.1) is 12.7 Å². The van der Waals surface area contributed by atoms with Crippen LogP contribution >= 0.6 is 0 Å². The predicted octanol–water partition coefficient (Wildman–Crippen LogP) is 3.04. The number of benzene rings is 1. The molecule has 1 aliphatic rings. The van der Waals surface area contributed by atoms with Gasteiger partial charge in [0.1, 0.15) is 0 Å². The molecule has 3 heterocycles. The molecular formula is C21H25N5. The monoisotopic (exact) mass is 347 g/mol. The number of piperazine rings is 1. The molecule has 1 aromatic carbocycles. The fourth-order valence-corrected chi connectivity index (χ4v) is 3.60. The van der Waals surface area contributed by atoms with E-state index in [-0.39, 0.29) is 0 Å². The van der Waals surface area contributed by atoms with Crippen LogP contribution in [0.4, 0.5) is 5.69 Å². The van der Waals surface area contributed by atoms with Crippen molar-refractivity contribution in [3.63, 3.8) is 0 Å². The average Bonchev–Trinajstić information content (AvgIpc) is 3.12. The second kappa shape index (κ2) is 7.70. The summed E-state index contributed by atoms with van der Waals surface area (Å²) >= 11 is 0. The summed E-state index contributed by atoms with van der Waals surface area (Å²) in [6.45, 7) is 7.25. The van der Waals surface area contributed by atoms with Gasteiger partial charge in [-0.25, -0.2) is 0 Å². The lowest BCUT2D eigenvalue weighted by Crippen LogP contribution is -2.51. The van der Waals surface area contributed by atoms with E-state index < -0.39 is 0 Å². The molecule has 1 unspecified atom stereocenters. The Morgan fingerprint density at radius 3 is 2.54 bits per heavy atom. The minimum Gasteiger partial charge on any atom is -0.369 e. The zero-order valence-electron chi connectivity index (χ0n) is 15.2. The Kier molecular flexibility index (Phi) is 4.97. The van der Waals surface area contributed by atoms with Crippen molar-refractivity contribution in [3.05, 3.63) is 78.4 Å². The maximum Gasteiger partial charge on any atom is 0.0659 e. The summed E-state index contributed by atoms with van der Waals surface area (Å²) in [6, 6.07) is 15.2. The topological polar surface area (TPSA) is 37.2 Å². The minimum absolute atomic E-state index is 0.509. The molecule has 1 aliphatic heterocycles. The lowest BCUT2D eigenvalue weighted by Gasteiger charge is -2.40. The van der Waals surface area contributed by atoms with Crippen molar-refractivity contribution in [3.8, 4) is 0 Å². The summed E-state index contributed by atoms with van der Waals surface area (Å²) in [5, 5.41) is 4.54. The van der Waals surface area contributed by atoms with Gasteiger partial charge in [-0.15, -0.1) is 0 Å². The van der Waals surface area contributed by atoms with Gasteiger partial charge in [0.2, 0.25) is 0 Å². The Bertz CT molecular complexity index is 815. The van der Waals surface area contributed by atoms with Crippen molar-refractivity contribution in [1.29, 1.82) is 0 Å².